The molecule has 0 bridgehead atoms. The van der Waals surface area contributed by atoms with Crippen molar-refractivity contribution in [3.8, 4) is 5.75 Å². The number of amides is 1. The minimum atomic E-state index is -0.0807. The predicted molar refractivity (Wildman–Crippen MR) is 113 cm³/mol. The first kappa shape index (κ1) is 20.1. The molecule has 29 heavy (non-hydrogen) atoms. The van der Waals surface area contributed by atoms with Gasteiger partial charge in [-0.3, -0.25) is 4.79 Å². The summed E-state index contributed by atoms with van der Waals surface area (Å²) in [6, 6.07) is 3.80. The summed E-state index contributed by atoms with van der Waals surface area (Å²) in [7, 11) is 3.44. The van der Waals surface area contributed by atoms with Crippen LogP contribution in [0.1, 0.15) is 61.7 Å². The number of aryl methyl sites for hydroxylation is 1. The van der Waals surface area contributed by atoms with Crippen molar-refractivity contribution in [3.05, 3.63) is 17.7 Å². The molecule has 0 radical (unpaired) electrons. The Hall–Kier alpha value is -2.15. The number of hydrogen-bond acceptors (Lipinski definition) is 5. The predicted octanol–water partition coefficient (Wildman–Crippen LogP) is 3.14. The molecule has 2 aliphatic rings. The number of benzene rings is 1. The molecule has 1 amide bonds. The Bertz CT molecular complexity index is 845. The third-order valence-corrected chi connectivity index (χ3v) is 6.23. The molecular weight excluding hydrogens is 366 g/mol. The van der Waals surface area contributed by atoms with Crippen LogP contribution in [0.4, 0.5) is 0 Å². The average Bonchev–Trinajstić information content (AvgIpc) is 3.47. The molecule has 7 nitrogen and oxygen atoms in total. The van der Waals surface area contributed by atoms with Crippen LogP contribution in [0.3, 0.4) is 0 Å². The zero-order valence-corrected chi connectivity index (χ0v) is 17.7. The first-order chi connectivity index (χ1) is 14.1. The van der Waals surface area contributed by atoms with Gasteiger partial charge in [0.15, 0.2) is 0 Å². The van der Waals surface area contributed by atoms with Gasteiger partial charge in [0.2, 0.25) is 0 Å². The van der Waals surface area contributed by atoms with Crippen LogP contribution in [-0.2, 0) is 7.05 Å². The molecule has 1 saturated carbocycles. The Labute approximate surface area is 172 Å². The van der Waals surface area contributed by atoms with E-state index in [-0.39, 0.29) is 11.9 Å². The Morgan fingerprint density at radius 2 is 1.97 bits per heavy atom. The number of nitrogens with zero attached hydrogens (tertiary/aromatic N) is 4. The standard InChI is InChI=1S/C22H33N5O2/c1-26-20-13-21(29-2)18(12-19(20)24-25-26)22(28)23-17-8-6-4-3-5-7-11-27(15-17)14-16-9-10-16/h12-13,16-17H,3-11,14-15H2,1-2H3,(H,23,28). The van der Waals surface area contributed by atoms with Crippen molar-refractivity contribution in [2.75, 3.05) is 26.7 Å². The molecule has 7 heteroatoms. The smallest absolute Gasteiger partial charge is 0.255 e. The molecule has 1 saturated heterocycles. The van der Waals surface area contributed by atoms with Gasteiger partial charge in [0.05, 0.1) is 18.2 Å². The van der Waals surface area contributed by atoms with Gasteiger partial charge >= 0.3 is 0 Å². The number of methoxy groups -OCH3 is 1. The Balaban J connectivity index is 1.50. The largest absolute Gasteiger partial charge is 0.496 e. The van der Waals surface area contributed by atoms with Crippen LogP contribution in [0.15, 0.2) is 12.1 Å². The summed E-state index contributed by atoms with van der Waals surface area (Å²) in [4.78, 5) is 15.8. The fourth-order valence-electron chi connectivity index (χ4n) is 4.37. The van der Waals surface area contributed by atoms with E-state index in [1.165, 1.54) is 51.5 Å². The molecule has 0 spiro atoms. The number of nitrogens with one attached hydrogen (secondary N) is 1. The number of carbonyl (C=O) groups is 1. The van der Waals surface area contributed by atoms with Crippen molar-refractivity contribution in [1.82, 2.24) is 25.2 Å². The van der Waals surface area contributed by atoms with Gasteiger partial charge in [-0.25, -0.2) is 4.68 Å². The van der Waals surface area contributed by atoms with E-state index in [0.717, 1.165) is 30.9 Å². The van der Waals surface area contributed by atoms with E-state index < -0.39 is 0 Å². The van der Waals surface area contributed by atoms with E-state index in [4.69, 9.17) is 4.74 Å². The van der Waals surface area contributed by atoms with E-state index in [2.05, 4.69) is 20.5 Å². The van der Waals surface area contributed by atoms with Crippen molar-refractivity contribution in [1.29, 1.82) is 0 Å². The molecule has 1 unspecified atom stereocenters. The Morgan fingerprint density at radius 1 is 1.17 bits per heavy atom. The fourth-order valence-corrected chi connectivity index (χ4v) is 4.37. The van der Waals surface area contributed by atoms with Gasteiger partial charge in [0, 0.05) is 32.2 Å². The summed E-state index contributed by atoms with van der Waals surface area (Å²) in [6.07, 6.45) is 10.1. The van der Waals surface area contributed by atoms with Gasteiger partial charge in [-0.15, -0.1) is 5.10 Å². The highest BCUT2D eigenvalue weighted by atomic mass is 16.5. The molecule has 4 rings (SSSR count). The van der Waals surface area contributed by atoms with Crippen molar-refractivity contribution in [2.45, 2.75) is 57.4 Å². The highest BCUT2D eigenvalue weighted by Gasteiger charge is 2.27. The highest BCUT2D eigenvalue weighted by molar-refractivity contribution is 6.00. The lowest BCUT2D eigenvalue weighted by Crippen LogP contribution is -2.45. The molecule has 1 atom stereocenters. The maximum Gasteiger partial charge on any atom is 0.255 e. The fraction of sp³-hybridized carbons (Fsp3) is 0.682. The van der Waals surface area contributed by atoms with Gasteiger partial charge in [0.25, 0.3) is 5.91 Å². The minimum absolute atomic E-state index is 0.0807. The number of fused-ring (bicyclic) bond motifs is 1. The van der Waals surface area contributed by atoms with Crippen LogP contribution in [-0.4, -0.2) is 58.6 Å². The quantitative estimate of drug-likeness (QED) is 0.836. The van der Waals surface area contributed by atoms with Crippen LogP contribution >= 0.6 is 0 Å². The molecule has 1 aliphatic heterocycles. The summed E-state index contributed by atoms with van der Waals surface area (Å²) in [5.41, 5.74) is 2.10. The maximum atomic E-state index is 13.2. The van der Waals surface area contributed by atoms with E-state index in [1.807, 2.05) is 13.1 Å². The summed E-state index contributed by atoms with van der Waals surface area (Å²) < 4.78 is 7.20. The van der Waals surface area contributed by atoms with Gasteiger partial charge in [-0.1, -0.05) is 30.9 Å². The molecule has 1 aromatic carbocycles. The second-order valence-electron chi connectivity index (χ2n) is 8.68. The summed E-state index contributed by atoms with van der Waals surface area (Å²) in [5, 5.41) is 11.5. The van der Waals surface area contributed by atoms with Crippen molar-refractivity contribution >= 4 is 16.9 Å². The van der Waals surface area contributed by atoms with Crippen molar-refractivity contribution < 1.29 is 9.53 Å². The maximum absolute atomic E-state index is 13.2. The number of carbonyl (C=O) groups excluding carboxylic acids is 1. The number of hydrogen-bond donors (Lipinski definition) is 1. The summed E-state index contributed by atoms with van der Waals surface area (Å²) >= 11 is 0. The van der Waals surface area contributed by atoms with E-state index in [0.29, 0.717) is 16.8 Å². The topological polar surface area (TPSA) is 72.3 Å². The molecule has 2 fully saturated rings. The lowest BCUT2D eigenvalue weighted by Gasteiger charge is -2.29. The zero-order chi connectivity index (χ0) is 20.2. The van der Waals surface area contributed by atoms with Gasteiger partial charge in [-0.2, -0.15) is 0 Å². The SMILES string of the molecule is COc1cc2c(cc1C(=O)NC1CCCCCCCN(CC3CC3)C1)nnn2C. The van der Waals surface area contributed by atoms with Gasteiger partial charge in [-0.05, 0) is 44.2 Å². The summed E-state index contributed by atoms with van der Waals surface area (Å²) in [5.74, 6) is 1.35. The molecule has 1 aromatic heterocycles. The molecule has 158 valence electrons. The van der Waals surface area contributed by atoms with Crippen LogP contribution < -0.4 is 10.1 Å². The number of ether oxygens (including phenoxy) is 1. The number of rotatable bonds is 5. The lowest BCUT2D eigenvalue weighted by molar-refractivity contribution is 0.0915. The number of aromatic nitrogens is 3. The van der Waals surface area contributed by atoms with E-state index >= 15 is 0 Å². The second-order valence-corrected chi connectivity index (χ2v) is 8.68. The lowest BCUT2D eigenvalue weighted by atomic mass is 10.0. The zero-order valence-electron chi connectivity index (χ0n) is 17.7. The third kappa shape index (κ3) is 5.07. The first-order valence-electron chi connectivity index (χ1n) is 11.0. The van der Waals surface area contributed by atoms with Gasteiger partial charge < -0.3 is 15.0 Å². The highest BCUT2D eigenvalue weighted by Crippen LogP contribution is 2.30. The van der Waals surface area contributed by atoms with Crippen LogP contribution in [0.25, 0.3) is 11.0 Å². The first-order valence-corrected chi connectivity index (χ1v) is 11.0. The van der Waals surface area contributed by atoms with Crippen LogP contribution in [0.5, 0.6) is 5.75 Å². The molecular formula is C22H33N5O2. The molecule has 1 N–H and O–H groups in total. The Kier molecular flexibility index (Phi) is 6.33. The van der Waals surface area contributed by atoms with Crippen LogP contribution in [0, 0.1) is 5.92 Å². The van der Waals surface area contributed by atoms with Gasteiger partial charge in [0.1, 0.15) is 11.3 Å². The average molecular weight is 400 g/mol. The second kappa shape index (κ2) is 9.11. The monoisotopic (exact) mass is 399 g/mol. The normalized spacial score (nSPS) is 21.8. The Morgan fingerprint density at radius 3 is 2.76 bits per heavy atom. The molecule has 2 aromatic rings. The minimum Gasteiger partial charge on any atom is -0.496 e. The van der Waals surface area contributed by atoms with Crippen molar-refractivity contribution in [3.63, 3.8) is 0 Å². The van der Waals surface area contributed by atoms with E-state index in [1.54, 1.807) is 17.9 Å². The molecule has 2 heterocycles. The van der Waals surface area contributed by atoms with Crippen molar-refractivity contribution in [2.24, 2.45) is 13.0 Å². The summed E-state index contributed by atoms with van der Waals surface area (Å²) in [6.45, 7) is 3.27. The van der Waals surface area contributed by atoms with E-state index in [9.17, 15) is 4.79 Å². The van der Waals surface area contributed by atoms with Crippen LogP contribution in [0.2, 0.25) is 0 Å². The third-order valence-electron chi connectivity index (χ3n) is 6.23. The molecule has 1 aliphatic carbocycles.